The second-order valence-electron chi connectivity index (χ2n) is 6.30. The molecule has 0 bridgehead atoms. The van der Waals surface area contributed by atoms with Crippen LogP contribution in [0, 0.1) is 0 Å². The lowest BCUT2D eigenvalue weighted by molar-refractivity contribution is -0.119. The molecule has 2 aromatic carbocycles. The molecule has 0 radical (unpaired) electrons. The highest BCUT2D eigenvalue weighted by Crippen LogP contribution is 2.30. The smallest absolute Gasteiger partial charge is 0.250 e. The molecule has 0 aromatic heterocycles. The molecule has 0 saturated heterocycles. The van der Waals surface area contributed by atoms with Gasteiger partial charge in [0.25, 0.3) is 5.91 Å². The van der Waals surface area contributed by atoms with E-state index in [9.17, 15) is 13.2 Å². The molecule has 26 heavy (non-hydrogen) atoms. The molecule has 2 aromatic rings. The van der Waals surface area contributed by atoms with Crippen LogP contribution < -0.4 is 13.9 Å². The first-order valence-corrected chi connectivity index (χ1v) is 10.2. The third-order valence-electron chi connectivity index (χ3n) is 4.55. The van der Waals surface area contributed by atoms with Gasteiger partial charge in [0.15, 0.2) is 0 Å². The van der Waals surface area contributed by atoms with Crippen LogP contribution in [0.15, 0.2) is 48.5 Å². The summed E-state index contributed by atoms with van der Waals surface area (Å²) < 4.78 is 31.1. The number of methoxy groups -OCH3 is 1. The Balaban J connectivity index is 1.93. The molecule has 7 heteroatoms. The van der Waals surface area contributed by atoms with Crippen molar-refractivity contribution in [2.24, 2.45) is 0 Å². The molecular formula is C19H22N2O4S. The van der Waals surface area contributed by atoms with Crippen LogP contribution in [-0.2, 0) is 21.2 Å². The van der Waals surface area contributed by atoms with Gasteiger partial charge in [0.1, 0.15) is 11.8 Å². The van der Waals surface area contributed by atoms with Gasteiger partial charge in [-0.15, -0.1) is 0 Å². The highest BCUT2D eigenvalue weighted by Gasteiger charge is 2.34. The number of nitrogens with zero attached hydrogens (tertiary/aromatic N) is 2. The normalized spacial score (nSPS) is 14.7. The van der Waals surface area contributed by atoms with Crippen LogP contribution in [0.25, 0.3) is 0 Å². The Labute approximate surface area is 154 Å². The maximum Gasteiger partial charge on any atom is 0.250 e. The van der Waals surface area contributed by atoms with E-state index in [0.717, 1.165) is 28.2 Å². The second kappa shape index (κ2) is 6.99. The second-order valence-corrected chi connectivity index (χ2v) is 8.16. The first-order valence-electron chi connectivity index (χ1n) is 8.35. The van der Waals surface area contributed by atoms with Gasteiger partial charge in [-0.05, 0) is 49.2 Å². The van der Waals surface area contributed by atoms with Crippen molar-refractivity contribution in [3.05, 3.63) is 54.1 Å². The van der Waals surface area contributed by atoms with Crippen LogP contribution in [-0.4, -0.2) is 40.3 Å². The Morgan fingerprint density at radius 2 is 1.81 bits per heavy atom. The predicted octanol–water partition coefficient (Wildman–Crippen LogP) is 2.44. The van der Waals surface area contributed by atoms with Crippen molar-refractivity contribution in [3.63, 3.8) is 0 Å². The molecule has 0 aliphatic carbocycles. The van der Waals surface area contributed by atoms with Crippen molar-refractivity contribution in [3.8, 4) is 5.75 Å². The van der Waals surface area contributed by atoms with Gasteiger partial charge in [-0.3, -0.25) is 9.10 Å². The Morgan fingerprint density at radius 1 is 1.15 bits per heavy atom. The van der Waals surface area contributed by atoms with Gasteiger partial charge in [0.2, 0.25) is 10.0 Å². The minimum Gasteiger partial charge on any atom is -0.497 e. The molecule has 3 rings (SSSR count). The predicted molar refractivity (Wildman–Crippen MR) is 102 cm³/mol. The summed E-state index contributed by atoms with van der Waals surface area (Å²) in [5, 5.41) is 0. The van der Waals surface area contributed by atoms with Crippen molar-refractivity contribution in [2.45, 2.75) is 19.4 Å². The van der Waals surface area contributed by atoms with Crippen LogP contribution in [0.5, 0.6) is 5.75 Å². The number of hydrogen-bond acceptors (Lipinski definition) is 4. The summed E-state index contributed by atoms with van der Waals surface area (Å²) in [7, 11) is -2.10. The topological polar surface area (TPSA) is 66.9 Å². The lowest BCUT2D eigenvalue weighted by Crippen LogP contribution is -2.49. The molecule has 0 saturated carbocycles. The highest BCUT2D eigenvalue weighted by atomic mass is 32.2. The summed E-state index contributed by atoms with van der Waals surface area (Å²) >= 11 is 0. The molecule has 138 valence electrons. The summed E-state index contributed by atoms with van der Waals surface area (Å²) in [6.07, 6.45) is 1.88. The largest absolute Gasteiger partial charge is 0.497 e. The number of fused-ring (bicyclic) bond motifs is 1. The van der Waals surface area contributed by atoms with Crippen molar-refractivity contribution < 1.29 is 17.9 Å². The molecular weight excluding hydrogens is 352 g/mol. The zero-order valence-electron chi connectivity index (χ0n) is 15.0. The molecule has 0 spiro atoms. The lowest BCUT2D eigenvalue weighted by atomic mass is 10.2. The van der Waals surface area contributed by atoms with Gasteiger partial charge >= 0.3 is 0 Å². The molecule has 1 aliphatic rings. The zero-order valence-corrected chi connectivity index (χ0v) is 15.9. The van der Waals surface area contributed by atoms with E-state index < -0.39 is 16.1 Å². The van der Waals surface area contributed by atoms with Gasteiger partial charge < -0.3 is 9.64 Å². The Bertz CT molecular complexity index is 909. The SMILES string of the molecule is COc1ccc(N(C(C)C(=O)N2CCc3ccccc32)S(C)(=O)=O)cc1. The average Bonchev–Trinajstić information content (AvgIpc) is 3.04. The van der Waals surface area contributed by atoms with E-state index in [1.165, 1.54) is 0 Å². The fourth-order valence-electron chi connectivity index (χ4n) is 3.32. The number of ether oxygens (including phenoxy) is 1. The number of carbonyl (C=O) groups excluding carboxylic acids is 1. The summed E-state index contributed by atoms with van der Waals surface area (Å²) in [4.78, 5) is 14.8. The van der Waals surface area contributed by atoms with Gasteiger partial charge in [0.05, 0.1) is 19.1 Å². The fraction of sp³-hybridized carbons (Fsp3) is 0.316. The highest BCUT2D eigenvalue weighted by molar-refractivity contribution is 7.92. The number of rotatable bonds is 5. The summed E-state index contributed by atoms with van der Waals surface area (Å²) in [5.74, 6) is 0.380. The Kier molecular flexibility index (Phi) is 4.91. The Hall–Kier alpha value is -2.54. The van der Waals surface area contributed by atoms with Gasteiger partial charge in [-0.25, -0.2) is 8.42 Å². The Morgan fingerprint density at radius 3 is 2.42 bits per heavy atom. The molecule has 1 unspecified atom stereocenters. The van der Waals surface area contributed by atoms with Crippen molar-refractivity contribution in [2.75, 3.05) is 29.1 Å². The molecule has 6 nitrogen and oxygen atoms in total. The van der Waals surface area contributed by atoms with E-state index in [0.29, 0.717) is 18.0 Å². The van der Waals surface area contributed by atoms with E-state index in [1.54, 1.807) is 43.2 Å². The van der Waals surface area contributed by atoms with Gasteiger partial charge in [-0.1, -0.05) is 18.2 Å². The first-order chi connectivity index (χ1) is 12.3. The van der Waals surface area contributed by atoms with Gasteiger partial charge in [-0.2, -0.15) is 0 Å². The number of amides is 1. The molecule has 1 aliphatic heterocycles. The van der Waals surface area contributed by atoms with Crippen molar-refractivity contribution in [1.82, 2.24) is 0 Å². The lowest BCUT2D eigenvalue weighted by Gasteiger charge is -2.31. The molecule has 0 fully saturated rings. The van der Waals surface area contributed by atoms with Gasteiger partial charge in [0, 0.05) is 12.2 Å². The number of carbonyl (C=O) groups is 1. The fourth-order valence-corrected chi connectivity index (χ4v) is 4.49. The maximum atomic E-state index is 13.1. The first kappa shape index (κ1) is 18.3. The van der Waals surface area contributed by atoms with Crippen molar-refractivity contribution in [1.29, 1.82) is 0 Å². The van der Waals surface area contributed by atoms with Crippen LogP contribution in [0.3, 0.4) is 0 Å². The van der Waals surface area contributed by atoms with Crippen LogP contribution in [0.4, 0.5) is 11.4 Å². The zero-order chi connectivity index (χ0) is 18.9. The summed E-state index contributed by atoms with van der Waals surface area (Å²) in [6.45, 7) is 2.18. The number of para-hydroxylation sites is 1. The summed E-state index contributed by atoms with van der Waals surface area (Å²) in [6, 6.07) is 13.5. The standard InChI is InChI=1S/C19H22N2O4S/c1-14(19(22)20-13-12-15-6-4-5-7-18(15)20)21(26(3,23)24)16-8-10-17(25-2)11-9-16/h4-11,14H,12-13H2,1-3H3. The summed E-state index contributed by atoms with van der Waals surface area (Å²) in [5.41, 5.74) is 2.39. The van der Waals surface area contributed by atoms with E-state index in [-0.39, 0.29) is 5.91 Å². The number of anilines is 2. The van der Waals surface area contributed by atoms with Crippen molar-refractivity contribution >= 4 is 27.3 Å². The van der Waals surface area contributed by atoms with Crippen LogP contribution >= 0.6 is 0 Å². The minimum absolute atomic E-state index is 0.240. The van der Waals surface area contributed by atoms with E-state index in [2.05, 4.69) is 0 Å². The third kappa shape index (κ3) is 3.39. The molecule has 1 amide bonds. The molecule has 0 N–H and O–H groups in total. The van der Waals surface area contributed by atoms with Crippen LogP contribution in [0.2, 0.25) is 0 Å². The van der Waals surface area contributed by atoms with E-state index in [4.69, 9.17) is 4.74 Å². The number of hydrogen-bond donors (Lipinski definition) is 0. The van der Waals surface area contributed by atoms with E-state index in [1.807, 2.05) is 24.3 Å². The monoisotopic (exact) mass is 374 g/mol. The van der Waals surface area contributed by atoms with E-state index >= 15 is 0 Å². The number of sulfonamides is 1. The molecule has 1 heterocycles. The number of benzene rings is 2. The minimum atomic E-state index is -3.64. The maximum absolute atomic E-state index is 13.1. The third-order valence-corrected chi connectivity index (χ3v) is 5.79. The average molecular weight is 374 g/mol. The quantitative estimate of drug-likeness (QED) is 0.806. The van der Waals surface area contributed by atoms with Crippen LogP contribution in [0.1, 0.15) is 12.5 Å². The molecule has 1 atom stereocenters.